The van der Waals surface area contributed by atoms with Crippen molar-refractivity contribution < 1.29 is 13.5 Å². The monoisotopic (exact) mass is 363 g/mol. The molecule has 25 heavy (non-hydrogen) atoms. The zero-order chi connectivity index (χ0) is 18.0. The number of halogens is 1. The van der Waals surface area contributed by atoms with Gasteiger partial charge in [-0.25, -0.2) is 13.0 Å². The molecule has 1 aliphatic rings. The van der Waals surface area contributed by atoms with E-state index in [9.17, 15) is 13.5 Å². The fourth-order valence-corrected chi connectivity index (χ4v) is 4.55. The minimum absolute atomic E-state index is 0.153. The normalized spacial score (nSPS) is 17.2. The highest BCUT2D eigenvalue weighted by atomic mass is 32.3. The summed E-state index contributed by atoms with van der Waals surface area (Å²) < 4.78 is 39.2. The number of benzene rings is 2. The van der Waals surface area contributed by atoms with Crippen LogP contribution < -0.4 is 13.9 Å². The molecular weight excluding hydrogens is 341 g/mol. The third-order valence-corrected chi connectivity index (χ3v) is 5.81. The number of nitrogens with zero attached hydrogens (tertiary/aromatic N) is 2. The number of likely N-dealkylation sites (N-methyl/N-ethyl adjacent to an activating group) is 1. The van der Waals surface area contributed by atoms with Crippen molar-refractivity contribution in [2.24, 2.45) is 0 Å². The summed E-state index contributed by atoms with van der Waals surface area (Å²) in [5, 5.41) is 3.00. The Hall–Kier alpha value is -2.06. The van der Waals surface area contributed by atoms with E-state index in [-0.39, 0.29) is 5.69 Å². The Labute approximate surface area is 149 Å². The van der Waals surface area contributed by atoms with Crippen LogP contribution in [0.15, 0.2) is 54.6 Å². The smallest absolute Gasteiger partial charge is 0.148 e. The number of anilines is 3. The molecule has 0 bridgehead atoms. The highest BCUT2D eigenvalue weighted by Crippen LogP contribution is 2.64. The van der Waals surface area contributed by atoms with E-state index in [0.29, 0.717) is 24.5 Å². The van der Waals surface area contributed by atoms with Crippen LogP contribution in [0, 0.1) is 12.7 Å². The highest BCUT2D eigenvalue weighted by Gasteiger charge is 2.41. The van der Waals surface area contributed by atoms with Crippen LogP contribution in [0.5, 0.6) is 0 Å². The molecule has 5 nitrogen and oxygen atoms in total. The first-order valence-electron chi connectivity index (χ1n) is 7.98. The molecule has 0 aliphatic carbocycles. The van der Waals surface area contributed by atoms with Crippen molar-refractivity contribution in [1.29, 1.82) is 0 Å². The summed E-state index contributed by atoms with van der Waals surface area (Å²) in [7, 11) is -1.57. The van der Waals surface area contributed by atoms with Gasteiger partial charge in [0, 0.05) is 6.54 Å². The van der Waals surface area contributed by atoms with E-state index in [1.165, 1.54) is 14.7 Å². The molecule has 2 aromatic rings. The second kappa shape index (κ2) is 7.05. The van der Waals surface area contributed by atoms with Crippen LogP contribution in [-0.4, -0.2) is 29.2 Å². The molecule has 7 heteroatoms. The molecule has 3 N–H and O–H groups in total. The van der Waals surface area contributed by atoms with Crippen molar-refractivity contribution in [3.8, 4) is 0 Å². The molecule has 0 saturated carbocycles. The van der Waals surface area contributed by atoms with Gasteiger partial charge in [0.05, 0.1) is 17.9 Å². The van der Waals surface area contributed by atoms with E-state index in [2.05, 4.69) is 5.32 Å². The molecule has 2 aromatic carbocycles. The second-order valence-corrected chi connectivity index (χ2v) is 7.60. The quantitative estimate of drug-likeness (QED) is 0.685. The molecule has 0 radical (unpaired) electrons. The summed E-state index contributed by atoms with van der Waals surface area (Å²) >= 11 is 0. The number of fused-ring (bicyclic) bond motifs is 1. The Bertz CT molecular complexity index is 798. The lowest BCUT2D eigenvalue weighted by molar-refractivity contribution is 0.485. The zero-order valence-corrected chi connectivity index (χ0v) is 15.0. The van der Waals surface area contributed by atoms with Crippen LogP contribution >= 0.6 is 11.0 Å². The lowest BCUT2D eigenvalue weighted by atomic mass is 10.2. The molecule has 0 unspecified atom stereocenters. The fraction of sp³-hybridized carbons (Fsp3) is 0.222. The molecule has 0 atom stereocenters. The van der Waals surface area contributed by atoms with Crippen molar-refractivity contribution in [2.45, 2.75) is 6.92 Å². The average molecular weight is 363 g/mol. The summed E-state index contributed by atoms with van der Waals surface area (Å²) in [4.78, 5) is 0. The molecule has 1 aliphatic heterocycles. The summed E-state index contributed by atoms with van der Waals surface area (Å²) in [6.45, 7) is 2.79. The maximum Gasteiger partial charge on any atom is 0.148 e. The Morgan fingerprint density at radius 1 is 1.08 bits per heavy atom. The van der Waals surface area contributed by atoms with Crippen molar-refractivity contribution >= 4 is 28.0 Å². The predicted octanol–water partition coefficient (Wildman–Crippen LogP) is 4.45. The Morgan fingerprint density at radius 3 is 2.48 bits per heavy atom. The first-order valence-corrected chi connectivity index (χ1v) is 9.44. The van der Waals surface area contributed by atoms with Crippen LogP contribution in [0.1, 0.15) is 5.56 Å². The fourth-order valence-electron chi connectivity index (χ4n) is 2.82. The number of rotatable bonds is 5. The van der Waals surface area contributed by atoms with Gasteiger partial charge in [-0.05, 0) is 54.8 Å². The molecule has 1 heterocycles. The lowest BCUT2D eigenvalue weighted by Crippen LogP contribution is -2.31. The van der Waals surface area contributed by atoms with Crippen LogP contribution in [0.2, 0.25) is 0 Å². The van der Waals surface area contributed by atoms with Gasteiger partial charge in [0.1, 0.15) is 11.5 Å². The summed E-state index contributed by atoms with van der Waals surface area (Å²) in [5.41, 5.74) is 2.17. The largest absolute Gasteiger partial charge is 0.316 e. The third kappa shape index (κ3) is 3.23. The summed E-state index contributed by atoms with van der Waals surface area (Å²) in [6, 6.07) is 11.9. The van der Waals surface area contributed by atoms with E-state index in [4.69, 9.17) is 0 Å². The molecule has 0 fully saturated rings. The minimum atomic E-state index is -3.41. The number of nitrogens with one attached hydrogen (secondary N) is 1. The van der Waals surface area contributed by atoms with Gasteiger partial charge in [-0.2, -0.15) is 0 Å². The Balaban J connectivity index is 2.04. The molecule has 0 spiro atoms. The van der Waals surface area contributed by atoms with E-state index in [1.807, 2.05) is 31.3 Å². The number of hydrogen-bond acceptors (Lipinski definition) is 5. The average Bonchev–Trinajstić information content (AvgIpc) is 2.79. The molecule has 134 valence electrons. The first-order chi connectivity index (χ1) is 12.0. The zero-order valence-electron chi connectivity index (χ0n) is 14.2. The topological polar surface area (TPSA) is 59.0 Å². The van der Waals surface area contributed by atoms with Gasteiger partial charge in [0.2, 0.25) is 0 Å². The lowest BCUT2D eigenvalue weighted by Gasteiger charge is -2.43. The van der Waals surface area contributed by atoms with Crippen molar-refractivity contribution in [3.63, 3.8) is 0 Å². The van der Waals surface area contributed by atoms with E-state index in [1.54, 1.807) is 31.2 Å². The molecule has 3 rings (SSSR count). The van der Waals surface area contributed by atoms with Crippen molar-refractivity contribution in [3.05, 3.63) is 66.0 Å². The van der Waals surface area contributed by atoms with Gasteiger partial charge in [-0.1, -0.05) is 30.4 Å². The molecular formula is C18H22FN3O2S. The van der Waals surface area contributed by atoms with Gasteiger partial charge in [-0.3, -0.25) is 9.11 Å². The molecule has 0 aromatic heterocycles. The van der Waals surface area contributed by atoms with Gasteiger partial charge in [0.15, 0.2) is 0 Å². The van der Waals surface area contributed by atoms with Crippen molar-refractivity contribution in [2.75, 3.05) is 28.7 Å². The van der Waals surface area contributed by atoms with E-state index in [0.717, 1.165) is 5.56 Å². The van der Waals surface area contributed by atoms with Crippen LogP contribution in [0.3, 0.4) is 0 Å². The Morgan fingerprint density at radius 2 is 1.80 bits per heavy atom. The summed E-state index contributed by atoms with van der Waals surface area (Å²) in [5.74, 6) is -0.484. The number of para-hydroxylation sites is 2. The minimum Gasteiger partial charge on any atom is -0.316 e. The Kier molecular flexibility index (Phi) is 5.01. The van der Waals surface area contributed by atoms with Gasteiger partial charge >= 0.3 is 0 Å². The molecule has 0 amide bonds. The van der Waals surface area contributed by atoms with Crippen LogP contribution in [0.4, 0.5) is 21.5 Å². The van der Waals surface area contributed by atoms with Gasteiger partial charge in [-0.15, -0.1) is 0 Å². The van der Waals surface area contributed by atoms with Crippen LogP contribution in [0.25, 0.3) is 0 Å². The first kappa shape index (κ1) is 17.8. The summed E-state index contributed by atoms with van der Waals surface area (Å²) in [6.07, 6.45) is 3.77. The maximum absolute atomic E-state index is 14.5. The number of aryl methyl sites for hydroxylation is 1. The van der Waals surface area contributed by atoms with E-state index >= 15 is 0 Å². The van der Waals surface area contributed by atoms with Crippen LogP contribution in [-0.2, 0) is 0 Å². The van der Waals surface area contributed by atoms with E-state index < -0.39 is 16.8 Å². The molecule has 0 saturated heterocycles. The number of hydrogen-bond donors (Lipinski definition) is 3. The standard InChI is InChI=1S/C18H22FN3O2S/c1-14-9-10-16(15(19)13-14)22-18-8-4-3-7-17(18)21(25(22,23)24)12-6-5-11-20-2/h3-10,13,20,23-24H,11-12H2,1-2H3. The maximum atomic E-state index is 14.5. The third-order valence-electron chi connectivity index (χ3n) is 3.99. The second-order valence-electron chi connectivity index (χ2n) is 5.82. The van der Waals surface area contributed by atoms with Gasteiger partial charge in [0.25, 0.3) is 0 Å². The SMILES string of the molecule is CNCC=CCN1c2ccccc2N(c2ccc(C)cc2F)S1(O)O. The highest BCUT2D eigenvalue weighted by molar-refractivity contribution is 8.27. The van der Waals surface area contributed by atoms with Gasteiger partial charge < -0.3 is 5.32 Å². The van der Waals surface area contributed by atoms with Crippen molar-refractivity contribution in [1.82, 2.24) is 5.32 Å². The predicted molar refractivity (Wildman–Crippen MR) is 103 cm³/mol.